The Kier molecular flexibility index (Phi) is 7.55. The van der Waals surface area contributed by atoms with Crippen molar-refractivity contribution in [2.75, 3.05) is 0 Å². The minimum Gasteiger partial charge on any atom is -0.366 e. The second-order valence-corrected chi connectivity index (χ2v) is 3.93. The Morgan fingerprint density at radius 3 is 1.94 bits per heavy atom. The van der Waals surface area contributed by atoms with Crippen LogP contribution >= 0.6 is 0 Å². The molecule has 2 amide bonds. The van der Waals surface area contributed by atoms with E-state index in [9.17, 15) is 18.0 Å². The van der Waals surface area contributed by atoms with Crippen molar-refractivity contribution in [2.45, 2.75) is 6.42 Å². The summed E-state index contributed by atoms with van der Waals surface area (Å²) < 4.78 is 29.3. The molecule has 0 aliphatic rings. The molecule has 0 atom stereocenters. The van der Waals surface area contributed by atoms with Crippen LogP contribution < -0.4 is 41.0 Å². The third-order valence-corrected chi connectivity index (χ3v) is 1.94. The zero-order chi connectivity index (χ0) is 12.2. The number of rotatable bonds is 5. The van der Waals surface area contributed by atoms with Gasteiger partial charge in [-0.05, 0) is 0 Å². The van der Waals surface area contributed by atoms with Gasteiger partial charge in [0.1, 0.15) is 0 Å². The first-order valence-electron chi connectivity index (χ1n) is 3.59. The van der Waals surface area contributed by atoms with Gasteiger partial charge in [-0.2, -0.15) is 8.42 Å². The zero-order valence-corrected chi connectivity index (χ0v) is 11.5. The van der Waals surface area contributed by atoms with Gasteiger partial charge >= 0.3 is 29.6 Å². The number of nitrogens with two attached hydrogens (primary N) is 2. The first-order chi connectivity index (χ1) is 6.63. The summed E-state index contributed by atoms with van der Waals surface area (Å²) in [4.78, 5) is 21.3. The molecule has 0 aliphatic heterocycles. The molecule has 0 radical (unpaired) electrons. The molecule has 0 fully saturated rings. The molecule has 0 saturated carbocycles. The Morgan fingerprint density at radius 2 is 1.69 bits per heavy atom. The summed E-state index contributed by atoms with van der Waals surface area (Å²) in [6.45, 7) is 3.21. The van der Waals surface area contributed by atoms with E-state index in [2.05, 4.69) is 6.58 Å². The molecule has 0 saturated heterocycles. The molecule has 0 unspecified atom stereocenters. The molecule has 0 heterocycles. The van der Waals surface area contributed by atoms with E-state index in [1.807, 2.05) is 0 Å². The standard InChI is InChI=1S/C7H10N2O5S.Na/c1-4(6(8)10)2-5(7(9)11)3-15(12,13)14;/h3H,1-2H2,(H2,8,10)(H2,9,11)(H,12,13,14);/q;+1/b5-3-;. The van der Waals surface area contributed by atoms with Gasteiger partial charge in [0.2, 0.25) is 11.8 Å². The van der Waals surface area contributed by atoms with E-state index in [-0.39, 0.29) is 40.5 Å². The van der Waals surface area contributed by atoms with Gasteiger partial charge in [0, 0.05) is 17.6 Å². The van der Waals surface area contributed by atoms with Crippen molar-refractivity contribution in [3.8, 4) is 0 Å². The van der Waals surface area contributed by atoms with E-state index in [1.165, 1.54) is 0 Å². The van der Waals surface area contributed by atoms with E-state index in [0.29, 0.717) is 0 Å². The average molecular weight is 257 g/mol. The summed E-state index contributed by atoms with van der Waals surface area (Å²) in [5.41, 5.74) is 8.97. The van der Waals surface area contributed by atoms with Gasteiger partial charge in [-0.1, -0.05) is 6.58 Å². The molecule has 5 N–H and O–H groups in total. The number of carbonyl (C=O) groups excluding carboxylic acids is 2. The second-order valence-electron chi connectivity index (χ2n) is 2.67. The zero-order valence-electron chi connectivity index (χ0n) is 8.63. The van der Waals surface area contributed by atoms with Gasteiger partial charge in [0.05, 0.1) is 5.41 Å². The van der Waals surface area contributed by atoms with Gasteiger partial charge in [0.15, 0.2) is 0 Å². The number of amides is 2. The molecule has 0 aromatic carbocycles. The molecule has 0 aromatic rings. The van der Waals surface area contributed by atoms with Crippen molar-refractivity contribution >= 4 is 21.9 Å². The first kappa shape index (κ1) is 17.7. The fourth-order valence-electron chi connectivity index (χ4n) is 0.684. The van der Waals surface area contributed by atoms with Crippen LogP contribution in [-0.2, 0) is 19.7 Å². The summed E-state index contributed by atoms with van der Waals surface area (Å²) in [5.74, 6) is -1.98. The van der Waals surface area contributed by atoms with E-state index < -0.39 is 33.9 Å². The van der Waals surface area contributed by atoms with Crippen LogP contribution in [0.2, 0.25) is 0 Å². The van der Waals surface area contributed by atoms with Crippen LogP contribution in [0.1, 0.15) is 6.42 Å². The molecular weight excluding hydrogens is 247 g/mol. The topological polar surface area (TPSA) is 141 Å². The van der Waals surface area contributed by atoms with Crippen molar-refractivity contribution in [1.82, 2.24) is 0 Å². The SMILES string of the molecule is C=C(C/C(=C/S(=O)(=O)O)C(N)=O)C(N)=O.[Na+]. The van der Waals surface area contributed by atoms with Crippen LogP contribution in [0.4, 0.5) is 0 Å². The summed E-state index contributed by atoms with van der Waals surface area (Å²) in [6.07, 6.45) is -0.426. The molecule has 84 valence electrons. The Labute approximate surface area is 115 Å². The Balaban J connectivity index is 0. The predicted octanol–water partition coefficient (Wildman–Crippen LogP) is -4.32. The largest absolute Gasteiger partial charge is 1.00 e. The predicted molar refractivity (Wildman–Crippen MR) is 51.8 cm³/mol. The molecule has 9 heteroatoms. The molecule has 0 aliphatic carbocycles. The van der Waals surface area contributed by atoms with Crippen LogP contribution in [0.15, 0.2) is 23.1 Å². The van der Waals surface area contributed by atoms with Crippen molar-refractivity contribution in [3.63, 3.8) is 0 Å². The van der Waals surface area contributed by atoms with Crippen molar-refractivity contribution in [3.05, 3.63) is 23.1 Å². The maximum atomic E-state index is 10.7. The fraction of sp³-hybridized carbons (Fsp3) is 0.143. The molecule has 0 bridgehead atoms. The summed E-state index contributed by atoms with van der Waals surface area (Å²) in [5, 5.41) is 0.253. The number of primary amides is 2. The van der Waals surface area contributed by atoms with Crippen molar-refractivity contribution in [2.24, 2.45) is 11.5 Å². The fourth-order valence-corrected chi connectivity index (χ4v) is 1.24. The summed E-state index contributed by atoms with van der Waals surface area (Å²) in [6, 6.07) is 0. The van der Waals surface area contributed by atoms with Gasteiger partial charge in [0.25, 0.3) is 10.1 Å². The molecular formula is C7H10N2NaO5S+. The van der Waals surface area contributed by atoms with E-state index >= 15 is 0 Å². The van der Waals surface area contributed by atoms with E-state index in [4.69, 9.17) is 16.0 Å². The van der Waals surface area contributed by atoms with E-state index in [0.717, 1.165) is 0 Å². The van der Waals surface area contributed by atoms with Gasteiger partial charge in [-0.25, -0.2) is 0 Å². The molecule has 0 rings (SSSR count). The Bertz CT molecular complexity index is 440. The third kappa shape index (κ3) is 7.60. The Morgan fingerprint density at radius 1 is 1.25 bits per heavy atom. The second kappa shape index (κ2) is 6.81. The first-order valence-corrected chi connectivity index (χ1v) is 5.09. The van der Waals surface area contributed by atoms with Crippen molar-refractivity contribution in [1.29, 1.82) is 0 Å². The van der Waals surface area contributed by atoms with Gasteiger partial charge in [-0.15, -0.1) is 0 Å². The maximum absolute atomic E-state index is 10.7. The quantitative estimate of drug-likeness (QED) is 0.259. The van der Waals surface area contributed by atoms with E-state index in [1.54, 1.807) is 0 Å². The minimum absolute atomic E-state index is 0. The van der Waals surface area contributed by atoms with Crippen LogP contribution in [0, 0.1) is 0 Å². The average Bonchev–Trinajstić information content (AvgIpc) is 1.99. The molecule has 0 spiro atoms. The van der Waals surface area contributed by atoms with Crippen LogP contribution in [-0.4, -0.2) is 24.8 Å². The van der Waals surface area contributed by atoms with Crippen LogP contribution in [0.3, 0.4) is 0 Å². The molecule has 7 nitrogen and oxygen atoms in total. The molecule has 0 aromatic heterocycles. The smallest absolute Gasteiger partial charge is 0.366 e. The van der Waals surface area contributed by atoms with Crippen LogP contribution in [0.25, 0.3) is 0 Å². The normalized spacial score (nSPS) is 11.4. The summed E-state index contributed by atoms with van der Waals surface area (Å²) >= 11 is 0. The number of carbonyl (C=O) groups is 2. The summed E-state index contributed by atoms with van der Waals surface area (Å²) in [7, 11) is -4.50. The molecule has 16 heavy (non-hydrogen) atoms. The van der Waals surface area contributed by atoms with Crippen molar-refractivity contribution < 1.29 is 52.1 Å². The number of hydrogen-bond donors (Lipinski definition) is 3. The maximum Gasteiger partial charge on any atom is 1.00 e. The van der Waals surface area contributed by atoms with Gasteiger partial charge < -0.3 is 11.5 Å². The third-order valence-electron chi connectivity index (χ3n) is 1.36. The number of hydrogen-bond acceptors (Lipinski definition) is 4. The van der Waals surface area contributed by atoms with Crippen LogP contribution in [0.5, 0.6) is 0 Å². The monoisotopic (exact) mass is 257 g/mol. The Hall–Kier alpha value is -0.670. The van der Waals surface area contributed by atoms with Gasteiger partial charge in [-0.3, -0.25) is 14.1 Å². The minimum atomic E-state index is -4.50.